The van der Waals surface area contributed by atoms with Crippen LogP contribution in [0.2, 0.25) is 0 Å². The molecule has 2 rings (SSSR count). The highest BCUT2D eigenvalue weighted by atomic mass is 32.1. The van der Waals surface area contributed by atoms with Gasteiger partial charge in [-0.25, -0.2) is 0 Å². The molecule has 0 saturated carbocycles. The summed E-state index contributed by atoms with van der Waals surface area (Å²) in [6.45, 7) is 5.75. The van der Waals surface area contributed by atoms with Crippen molar-refractivity contribution < 1.29 is 0 Å². The third kappa shape index (κ3) is 3.57. The lowest BCUT2D eigenvalue weighted by Crippen LogP contribution is -2.29. The largest absolute Gasteiger partial charge is 0.357 e. The number of nitrogens with zero attached hydrogens (tertiary/aromatic N) is 2. The second-order valence-electron chi connectivity index (χ2n) is 4.46. The van der Waals surface area contributed by atoms with Crippen LogP contribution < -0.4 is 10.6 Å². The third-order valence-electron chi connectivity index (χ3n) is 3.18. The zero-order chi connectivity index (χ0) is 14.4. The van der Waals surface area contributed by atoms with Gasteiger partial charge >= 0.3 is 0 Å². The predicted molar refractivity (Wildman–Crippen MR) is 86.8 cm³/mol. The van der Waals surface area contributed by atoms with Crippen LogP contribution in [0.25, 0.3) is 0 Å². The minimum atomic E-state index is 0.634. The lowest BCUT2D eigenvalue weighted by Gasteiger charge is -2.13. The molecule has 0 spiro atoms. The first-order valence-electron chi connectivity index (χ1n) is 6.88. The Kier molecular flexibility index (Phi) is 5.12. The summed E-state index contributed by atoms with van der Waals surface area (Å²) in [6.07, 6.45) is 2.79. The van der Waals surface area contributed by atoms with Gasteiger partial charge in [-0.3, -0.25) is 4.68 Å². The molecule has 1 aromatic carbocycles. The van der Waals surface area contributed by atoms with Gasteiger partial charge in [-0.1, -0.05) is 25.1 Å². The van der Waals surface area contributed by atoms with E-state index in [4.69, 9.17) is 12.2 Å². The summed E-state index contributed by atoms with van der Waals surface area (Å²) < 4.78 is 1.95. The molecule has 0 atom stereocenters. The number of aromatic nitrogens is 2. The fourth-order valence-electron chi connectivity index (χ4n) is 2.08. The van der Waals surface area contributed by atoms with Crippen LogP contribution in [0.3, 0.4) is 0 Å². The summed E-state index contributed by atoms with van der Waals surface area (Å²) in [7, 11) is 0. The highest BCUT2D eigenvalue weighted by Gasteiger charge is 2.04. The number of para-hydroxylation sites is 1. The molecule has 1 aromatic heterocycles. The maximum atomic E-state index is 5.34. The highest BCUT2D eigenvalue weighted by Crippen LogP contribution is 2.15. The molecule has 0 bridgehead atoms. The number of rotatable bonds is 5. The van der Waals surface area contributed by atoms with Gasteiger partial charge in [0.05, 0.1) is 12.2 Å². The minimum Gasteiger partial charge on any atom is -0.357 e. The first-order chi connectivity index (χ1) is 9.74. The van der Waals surface area contributed by atoms with Crippen molar-refractivity contribution in [3.8, 4) is 0 Å². The van der Waals surface area contributed by atoms with Crippen LogP contribution in [-0.4, -0.2) is 14.9 Å². The van der Waals surface area contributed by atoms with E-state index in [0.29, 0.717) is 11.7 Å². The van der Waals surface area contributed by atoms with Crippen molar-refractivity contribution in [1.82, 2.24) is 15.1 Å². The Morgan fingerprint density at radius 3 is 2.80 bits per heavy atom. The van der Waals surface area contributed by atoms with Gasteiger partial charge in [-0.05, 0) is 43.3 Å². The molecule has 2 N–H and O–H groups in total. The fourth-order valence-corrected chi connectivity index (χ4v) is 2.26. The Balaban J connectivity index is 1.93. The average Bonchev–Trinajstić information content (AvgIpc) is 2.93. The Hall–Kier alpha value is -1.88. The summed E-state index contributed by atoms with van der Waals surface area (Å²) in [5.74, 6) is 0. The predicted octanol–water partition coefficient (Wildman–Crippen LogP) is 2.95. The van der Waals surface area contributed by atoms with E-state index in [2.05, 4.69) is 35.6 Å². The smallest absolute Gasteiger partial charge is 0.171 e. The van der Waals surface area contributed by atoms with E-state index in [1.807, 2.05) is 35.1 Å². The number of nitrogens with one attached hydrogen (secondary N) is 2. The van der Waals surface area contributed by atoms with Gasteiger partial charge in [0.25, 0.3) is 0 Å². The molecule has 0 fully saturated rings. The van der Waals surface area contributed by atoms with Gasteiger partial charge in [0.15, 0.2) is 5.11 Å². The molecular formula is C15H20N4S. The van der Waals surface area contributed by atoms with Crippen molar-refractivity contribution in [2.24, 2.45) is 0 Å². The molecule has 1 heterocycles. The van der Waals surface area contributed by atoms with Crippen LogP contribution in [-0.2, 0) is 19.5 Å². The minimum absolute atomic E-state index is 0.634. The Labute approximate surface area is 125 Å². The van der Waals surface area contributed by atoms with Crippen LogP contribution in [0, 0.1) is 0 Å². The van der Waals surface area contributed by atoms with E-state index in [-0.39, 0.29) is 0 Å². The molecule has 0 aliphatic heterocycles. The Morgan fingerprint density at radius 2 is 2.05 bits per heavy atom. The fraction of sp³-hybridized carbons (Fsp3) is 0.333. The molecule has 0 aliphatic carbocycles. The van der Waals surface area contributed by atoms with E-state index in [9.17, 15) is 0 Å². The first-order valence-corrected chi connectivity index (χ1v) is 7.28. The van der Waals surface area contributed by atoms with Gasteiger partial charge in [-0.15, -0.1) is 0 Å². The lowest BCUT2D eigenvalue weighted by molar-refractivity contribution is 0.614. The van der Waals surface area contributed by atoms with E-state index >= 15 is 0 Å². The molecule has 0 unspecified atom stereocenters. The Morgan fingerprint density at radius 1 is 1.25 bits per heavy atom. The molecule has 4 nitrogen and oxygen atoms in total. The molecular weight excluding hydrogens is 268 g/mol. The van der Waals surface area contributed by atoms with E-state index < -0.39 is 0 Å². The standard InChI is InChI=1S/C15H20N4S/c1-3-12-7-5-6-8-14(12)18-15(20)16-11-13-9-10-17-19(13)4-2/h5-10H,3-4,11H2,1-2H3,(H2,16,18,20). The number of aryl methyl sites for hydroxylation is 2. The molecule has 0 saturated heterocycles. The van der Waals surface area contributed by atoms with E-state index in [1.54, 1.807) is 0 Å². The molecule has 5 heteroatoms. The topological polar surface area (TPSA) is 41.9 Å². The first kappa shape index (κ1) is 14.5. The van der Waals surface area contributed by atoms with Gasteiger partial charge in [0, 0.05) is 18.4 Å². The highest BCUT2D eigenvalue weighted by molar-refractivity contribution is 7.80. The average molecular weight is 288 g/mol. The number of hydrogen-bond acceptors (Lipinski definition) is 2. The SMILES string of the molecule is CCc1ccccc1NC(=S)NCc1ccnn1CC. The van der Waals surface area contributed by atoms with E-state index in [0.717, 1.165) is 24.3 Å². The molecule has 20 heavy (non-hydrogen) atoms. The summed E-state index contributed by atoms with van der Waals surface area (Å²) in [6, 6.07) is 10.2. The number of hydrogen-bond donors (Lipinski definition) is 2. The van der Waals surface area contributed by atoms with Crippen LogP contribution in [0.1, 0.15) is 25.1 Å². The van der Waals surface area contributed by atoms with Crippen molar-refractivity contribution in [2.75, 3.05) is 5.32 Å². The molecule has 106 valence electrons. The normalized spacial score (nSPS) is 10.3. The summed E-state index contributed by atoms with van der Waals surface area (Å²) >= 11 is 5.34. The van der Waals surface area contributed by atoms with Crippen LogP contribution >= 0.6 is 12.2 Å². The van der Waals surface area contributed by atoms with E-state index in [1.165, 1.54) is 5.56 Å². The number of anilines is 1. The van der Waals surface area contributed by atoms with Crippen molar-refractivity contribution in [3.05, 3.63) is 47.8 Å². The summed E-state index contributed by atoms with van der Waals surface area (Å²) in [4.78, 5) is 0. The zero-order valence-electron chi connectivity index (χ0n) is 11.9. The summed E-state index contributed by atoms with van der Waals surface area (Å²) in [5, 5.41) is 11.3. The lowest BCUT2D eigenvalue weighted by atomic mass is 10.1. The van der Waals surface area contributed by atoms with Gasteiger partial charge in [0.1, 0.15) is 0 Å². The molecule has 0 aliphatic rings. The van der Waals surface area contributed by atoms with Gasteiger partial charge < -0.3 is 10.6 Å². The van der Waals surface area contributed by atoms with Crippen LogP contribution in [0.15, 0.2) is 36.5 Å². The summed E-state index contributed by atoms with van der Waals surface area (Å²) in [5.41, 5.74) is 3.45. The van der Waals surface area contributed by atoms with Gasteiger partial charge in [0.2, 0.25) is 0 Å². The maximum Gasteiger partial charge on any atom is 0.171 e. The maximum absolute atomic E-state index is 5.34. The van der Waals surface area contributed by atoms with Crippen molar-refractivity contribution >= 4 is 23.0 Å². The number of benzene rings is 1. The molecule has 0 radical (unpaired) electrons. The molecule has 2 aromatic rings. The third-order valence-corrected chi connectivity index (χ3v) is 3.43. The number of thiocarbonyl (C=S) groups is 1. The van der Waals surface area contributed by atoms with Crippen LogP contribution in [0.4, 0.5) is 5.69 Å². The quantitative estimate of drug-likeness (QED) is 0.830. The Bertz CT molecular complexity index is 577. The van der Waals surface area contributed by atoms with Gasteiger partial charge in [-0.2, -0.15) is 5.10 Å². The monoisotopic (exact) mass is 288 g/mol. The van der Waals surface area contributed by atoms with Crippen molar-refractivity contribution in [1.29, 1.82) is 0 Å². The van der Waals surface area contributed by atoms with Crippen LogP contribution in [0.5, 0.6) is 0 Å². The zero-order valence-corrected chi connectivity index (χ0v) is 12.7. The van der Waals surface area contributed by atoms with Crippen molar-refractivity contribution in [3.63, 3.8) is 0 Å². The molecule has 0 amide bonds. The second kappa shape index (κ2) is 7.05. The second-order valence-corrected chi connectivity index (χ2v) is 4.86. The van der Waals surface area contributed by atoms with Crippen molar-refractivity contribution in [2.45, 2.75) is 33.4 Å².